The Morgan fingerprint density at radius 1 is 1.42 bits per heavy atom. The molecule has 4 heteroatoms. The molecular weight excluding hydrogens is 242 g/mol. The topological polar surface area (TPSA) is 49.8 Å². The van der Waals surface area contributed by atoms with Crippen LogP contribution in [0.25, 0.3) is 0 Å². The van der Waals surface area contributed by atoms with E-state index in [9.17, 15) is 4.79 Å². The molecule has 1 aliphatic heterocycles. The van der Waals surface area contributed by atoms with Crippen LogP contribution >= 0.6 is 0 Å². The highest BCUT2D eigenvalue weighted by Gasteiger charge is 2.23. The highest BCUT2D eigenvalue weighted by molar-refractivity contribution is 5.77. The summed E-state index contributed by atoms with van der Waals surface area (Å²) in [6.07, 6.45) is 1.91. The monoisotopic (exact) mass is 263 g/mol. The number of aliphatic hydroxyl groups is 1. The van der Waals surface area contributed by atoms with Crippen molar-refractivity contribution in [1.82, 2.24) is 4.90 Å². The number of aliphatic hydroxyl groups excluding tert-OH is 1. The molecule has 0 saturated carbocycles. The van der Waals surface area contributed by atoms with Crippen molar-refractivity contribution < 1.29 is 14.6 Å². The van der Waals surface area contributed by atoms with Gasteiger partial charge in [0.15, 0.2) is 0 Å². The van der Waals surface area contributed by atoms with Gasteiger partial charge in [0, 0.05) is 13.1 Å². The summed E-state index contributed by atoms with van der Waals surface area (Å²) in [6, 6.07) is 6.29. The molecule has 0 bridgehead atoms. The summed E-state index contributed by atoms with van der Waals surface area (Å²) in [7, 11) is 1.68. The van der Waals surface area contributed by atoms with Crippen LogP contribution in [0.5, 0.6) is 5.75 Å². The van der Waals surface area contributed by atoms with Crippen LogP contribution in [0.3, 0.4) is 0 Å². The second kappa shape index (κ2) is 6.06. The molecule has 19 heavy (non-hydrogen) atoms. The lowest BCUT2D eigenvalue weighted by Gasteiger charge is -2.32. The molecule has 1 aromatic rings. The van der Waals surface area contributed by atoms with Crippen LogP contribution < -0.4 is 4.74 Å². The predicted molar refractivity (Wildman–Crippen MR) is 73.4 cm³/mol. The van der Waals surface area contributed by atoms with E-state index >= 15 is 0 Å². The number of benzene rings is 1. The standard InChI is InChI=1S/C15H21NO3/c1-11-9-13(3-4-14(11)19-2)12-5-7-16(8-6-12)15(18)10-17/h3-4,9,12,17H,5-8,10H2,1-2H3. The summed E-state index contributed by atoms with van der Waals surface area (Å²) in [5, 5.41) is 8.86. The zero-order valence-electron chi connectivity index (χ0n) is 11.6. The van der Waals surface area contributed by atoms with Gasteiger partial charge in [0.2, 0.25) is 5.91 Å². The molecule has 2 rings (SSSR count). The lowest BCUT2D eigenvalue weighted by molar-refractivity contribution is -0.135. The van der Waals surface area contributed by atoms with Crippen molar-refractivity contribution >= 4 is 5.91 Å². The van der Waals surface area contributed by atoms with E-state index in [4.69, 9.17) is 9.84 Å². The van der Waals surface area contributed by atoms with Gasteiger partial charge in [-0.2, -0.15) is 0 Å². The van der Waals surface area contributed by atoms with Crippen LogP contribution in [0, 0.1) is 6.92 Å². The van der Waals surface area contributed by atoms with E-state index in [1.807, 2.05) is 13.0 Å². The zero-order chi connectivity index (χ0) is 13.8. The van der Waals surface area contributed by atoms with E-state index in [1.54, 1.807) is 12.0 Å². The number of nitrogens with zero attached hydrogens (tertiary/aromatic N) is 1. The van der Waals surface area contributed by atoms with E-state index < -0.39 is 0 Å². The van der Waals surface area contributed by atoms with Crippen LogP contribution in [0.2, 0.25) is 0 Å². The SMILES string of the molecule is COc1ccc(C2CCN(C(=O)CO)CC2)cc1C. The maximum atomic E-state index is 11.4. The number of methoxy groups -OCH3 is 1. The van der Waals surface area contributed by atoms with Crippen LogP contribution in [0.15, 0.2) is 18.2 Å². The van der Waals surface area contributed by atoms with Crippen molar-refractivity contribution in [3.8, 4) is 5.75 Å². The lowest BCUT2D eigenvalue weighted by atomic mass is 9.88. The first-order valence-corrected chi connectivity index (χ1v) is 6.69. The number of ether oxygens (including phenoxy) is 1. The minimum Gasteiger partial charge on any atom is -0.496 e. The highest BCUT2D eigenvalue weighted by Crippen LogP contribution is 2.30. The molecule has 1 aromatic carbocycles. The number of rotatable bonds is 3. The smallest absolute Gasteiger partial charge is 0.248 e. The van der Waals surface area contributed by atoms with Gasteiger partial charge in [-0.25, -0.2) is 0 Å². The van der Waals surface area contributed by atoms with Crippen molar-refractivity contribution in [1.29, 1.82) is 0 Å². The highest BCUT2D eigenvalue weighted by atomic mass is 16.5. The number of likely N-dealkylation sites (tertiary alicyclic amines) is 1. The Kier molecular flexibility index (Phi) is 4.43. The Morgan fingerprint density at radius 2 is 2.11 bits per heavy atom. The van der Waals surface area contributed by atoms with Crippen molar-refractivity contribution in [3.05, 3.63) is 29.3 Å². The number of aryl methyl sites for hydroxylation is 1. The molecule has 0 radical (unpaired) electrons. The summed E-state index contributed by atoms with van der Waals surface area (Å²) in [6.45, 7) is 3.13. The van der Waals surface area contributed by atoms with Crippen LogP contribution in [0.4, 0.5) is 0 Å². The maximum absolute atomic E-state index is 11.4. The quantitative estimate of drug-likeness (QED) is 0.903. The van der Waals surface area contributed by atoms with Gasteiger partial charge in [-0.15, -0.1) is 0 Å². The van der Waals surface area contributed by atoms with E-state index in [0.29, 0.717) is 5.92 Å². The molecule has 0 spiro atoms. The first kappa shape index (κ1) is 13.9. The average molecular weight is 263 g/mol. The van der Waals surface area contributed by atoms with Gasteiger partial charge in [-0.05, 0) is 42.9 Å². The number of amides is 1. The predicted octanol–water partition coefficient (Wildman–Crippen LogP) is 1.70. The van der Waals surface area contributed by atoms with Gasteiger partial charge in [-0.1, -0.05) is 12.1 Å². The fourth-order valence-corrected chi connectivity index (χ4v) is 2.72. The Bertz CT molecular complexity index is 451. The summed E-state index contributed by atoms with van der Waals surface area (Å²) < 4.78 is 5.27. The van der Waals surface area contributed by atoms with Gasteiger partial charge in [-0.3, -0.25) is 4.79 Å². The molecule has 0 unspecified atom stereocenters. The molecule has 0 atom stereocenters. The van der Waals surface area contributed by atoms with Crippen LogP contribution in [-0.4, -0.2) is 42.7 Å². The fourth-order valence-electron chi connectivity index (χ4n) is 2.72. The molecule has 4 nitrogen and oxygen atoms in total. The number of hydrogen-bond acceptors (Lipinski definition) is 3. The Labute approximate surface area is 114 Å². The molecular formula is C15H21NO3. The van der Waals surface area contributed by atoms with E-state index in [1.165, 1.54) is 5.56 Å². The fraction of sp³-hybridized carbons (Fsp3) is 0.533. The molecule has 1 aliphatic rings. The Hall–Kier alpha value is -1.55. The number of hydrogen-bond donors (Lipinski definition) is 1. The summed E-state index contributed by atoms with van der Waals surface area (Å²) in [5.41, 5.74) is 2.46. The minimum absolute atomic E-state index is 0.163. The molecule has 1 fully saturated rings. The zero-order valence-corrected chi connectivity index (χ0v) is 11.6. The van der Waals surface area contributed by atoms with E-state index in [-0.39, 0.29) is 12.5 Å². The summed E-state index contributed by atoms with van der Waals surface area (Å²) in [4.78, 5) is 13.1. The lowest BCUT2D eigenvalue weighted by Crippen LogP contribution is -2.39. The van der Waals surface area contributed by atoms with Crippen molar-refractivity contribution in [3.63, 3.8) is 0 Å². The summed E-state index contributed by atoms with van der Waals surface area (Å²) >= 11 is 0. The molecule has 1 heterocycles. The van der Waals surface area contributed by atoms with Gasteiger partial charge < -0.3 is 14.7 Å². The summed E-state index contributed by atoms with van der Waals surface area (Å²) in [5.74, 6) is 1.24. The minimum atomic E-state index is -0.383. The van der Waals surface area contributed by atoms with Crippen molar-refractivity contribution in [2.24, 2.45) is 0 Å². The average Bonchev–Trinajstić information content (AvgIpc) is 2.46. The van der Waals surface area contributed by atoms with Gasteiger partial charge in [0.1, 0.15) is 12.4 Å². The molecule has 1 amide bonds. The first-order valence-electron chi connectivity index (χ1n) is 6.69. The number of carbonyl (C=O) groups excluding carboxylic acids is 1. The van der Waals surface area contributed by atoms with Gasteiger partial charge in [0.25, 0.3) is 0 Å². The van der Waals surface area contributed by atoms with E-state index in [0.717, 1.165) is 37.2 Å². The Balaban J connectivity index is 2.01. The molecule has 1 N–H and O–H groups in total. The molecule has 1 saturated heterocycles. The van der Waals surface area contributed by atoms with E-state index in [2.05, 4.69) is 12.1 Å². The maximum Gasteiger partial charge on any atom is 0.248 e. The third kappa shape index (κ3) is 3.07. The Morgan fingerprint density at radius 3 is 2.63 bits per heavy atom. The third-order valence-corrected chi connectivity index (χ3v) is 3.87. The van der Waals surface area contributed by atoms with Crippen LogP contribution in [0.1, 0.15) is 29.9 Å². The van der Waals surface area contributed by atoms with Gasteiger partial charge >= 0.3 is 0 Å². The molecule has 0 aromatic heterocycles. The number of carbonyl (C=O) groups is 1. The third-order valence-electron chi connectivity index (χ3n) is 3.87. The number of piperidine rings is 1. The molecule has 104 valence electrons. The normalized spacial score (nSPS) is 16.5. The second-order valence-corrected chi connectivity index (χ2v) is 5.04. The largest absolute Gasteiger partial charge is 0.496 e. The molecule has 0 aliphatic carbocycles. The van der Waals surface area contributed by atoms with Crippen molar-refractivity contribution in [2.45, 2.75) is 25.7 Å². The van der Waals surface area contributed by atoms with Crippen molar-refractivity contribution in [2.75, 3.05) is 26.8 Å². The first-order chi connectivity index (χ1) is 9.15. The second-order valence-electron chi connectivity index (χ2n) is 5.04. The van der Waals surface area contributed by atoms with Crippen LogP contribution in [-0.2, 0) is 4.79 Å². The van der Waals surface area contributed by atoms with Gasteiger partial charge in [0.05, 0.1) is 7.11 Å².